The summed E-state index contributed by atoms with van der Waals surface area (Å²) in [5.74, 6) is 2.34. The minimum absolute atomic E-state index is 0.0649. The van der Waals surface area contributed by atoms with Gasteiger partial charge in [0.05, 0.1) is 6.54 Å². The largest absolute Gasteiger partial charge is 0.343 e. The number of rotatable bonds is 3. The van der Waals surface area contributed by atoms with E-state index in [1.807, 2.05) is 20.8 Å². The van der Waals surface area contributed by atoms with Crippen LogP contribution in [0.3, 0.4) is 0 Å². The number of hydrogen-bond donors (Lipinski definition) is 1. The molecular formula is C12H18N2O2. The molecular weight excluding hydrogens is 204 g/mol. The molecule has 1 fully saturated rings. The summed E-state index contributed by atoms with van der Waals surface area (Å²) in [4.78, 5) is 25.4. The highest BCUT2D eigenvalue weighted by atomic mass is 16.2. The Morgan fingerprint density at radius 1 is 1.50 bits per heavy atom. The van der Waals surface area contributed by atoms with E-state index in [-0.39, 0.29) is 24.3 Å². The average Bonchev–Trinajstić information content (AvgIpc) is 2.22. The maximum Gasteiger partial charge on any atom is 0.246 e. The maximum atomic E-state index is 12.0. The van der Waals surface area contributed by atoms with Gasteiger partial charge in [-0.2, -0.15) is 0 Å². The summed E-state index contributed by atoms with van der Waals surface area (Å²) >= 11 is 0. The molecule has 16 heavy (non-hydrogen) atoms. The molecule has 0 aliphatic carbocycles. The maximum absolute atomic E-state index is 12.0. The van der Waals surface area contributed by atoms with Crippen molar-refractivity contribution < 1.29 is 9.59 Å². The first-order valence-corrected chi connectivity index (χ1v) is 5.57. The molecule has 88 valence electrons. The molecule has 4 nitrogen and oxygen atoms in total. The van der Waals surface area contributed by atoms with Gasteiger partial charge in [-0.25, -0.2) is 0 Å². The van der Waals surface area contributed by atoms with Crippen molar-refractivity contribution in [1.82, 2.24) is 10.2 Å². The van der Waals surface area contributed by atoms with E-state index in [0.29, 0.717) is 6.42 Å². The van der Waals surface area contributed by atoms with Gasteiger partial charge in [0.25, 0.3) is 0 Å². The highest BCUT2D eigenvalue weighted by molar-refractivity contribution is 5.97. The molecule has 1 aliphatic rings. The van der Waals surface area contributed by atoms with Crippen LogP contribution in [0.5, 0.6) is 0 Å². The minimum Gasteiger partial charge on any atom is -0.343 e. The van der Waals surface area contributed by atoms with Crippen molar-refractivity contribution in [3.05, 3.63) is 0 Å². The second-order valence-electron chi connectivity index (χ2n) is 4.33. The zero-order chi connectivity index (χ0) is 12.3. The number of terminal acetylenes is 1. The van der Waals surface area contributed by atoms with Crippen molar-refractivity contribution in [2.45, 2.75) is 39.3 Å². The van der Waals surface area contributed by atoms with Crippen LogP contribution in [0.25, 0.3) is 0 Å². The molecule has 1 rings (SSSR count). The second-order valence-corrected chi connectivity index (χ2v) is 4.33. The Hall–Kier alpha value is -1.50. The summed E-state index contributed by atoms with van der Waals surface area (Å²) in [6.07, 6.45) is 5.83. The van der Waals surface area contributed by atoms with Gasteiger partial charge in [-0.1, -0.05) is 26.7 Å². The van der Waals surface area contributed by atoms with Crippen molar-refractivity contribution in [2.75, 3.05) is 6.54 Å². The molecule has 2 amide bonds. The molecule has 0 aromatic rings. The Bertz CT molecular complexity index is 330. The van der Waals surface area contributed by atoms with Crippen LogP contribution in [0.4, 0.5) is 0 Å². The van der Waals surface area contributed by atoms with Gasteiger partial charge in [-0.15, -0.1) is 6.42 Å². The lowest BCUT2D eigenvalue weighted by Crippen LogP contribution is -2.64. The quantitative estimate of drug-likeness (QED) is 0.702. The van der Waals surface area contributed by atoms with Crippen molar-refractivity contribution in [3.63, 3.8) is 0 Å². The van der Waals surface area contributed by atoms with E-state index in [2.05, 4.69) is 11.2 Å². The van der Waals surface area contributed by atoms with Gasteiger partial charge in [-0.3, -0.25) is 9.59 Å². The van der Waals surface area contributed by atoms with Gasteiger partial charge in [0.1, 0.15) is 12.1 Å². The van der Waals surface area contributed by atoms with Gasteiger partial charge >= 0.3 is 0 Å². The zero-order valence-electron chi connectivity index (χ0n) is 9.99. The first-order valence-electron chi connectivity index (χ1n) is 5.57. The summed E-state index contributed by atoms with van der Waals surface area (Å²) in [6.45, 7) is 5.89. The smallest absolute Gasteiger partial charge is 0.246 e. The highest BCUT2D eigenvalue weighted by Crippen LogP contribution is 2.18. The van der Waals surface area contributed by atoms with Gasteiger partial charge in [0.2, 0.25) is 11.8 Å². The third kappa shape index (κ3) is 2.19. The van der Waals surface area contributed by atoms with E-state index in [9.17, 15) is 9.59 Å². The number of amides is 2. The normalized spacial score (nSPS) is 25.6. The zero-order valence-corrected chi connectivity index (χ0v) is 9.99. The number of carbonyl (C=O) groups excluding carboxylic acids is 2. The number of nitrogens with zero attached hydrogens (tertiary/aromatic N) is 1. The third-order valence-corrected chi connectivity index (χ3v) is 2.80. The first-order chi connectivity index (χ1) is 7.52. The molecule has 1 heterocycles. The molecule has 0 radical (unpaired) electrons. The van der Waals surface area contributed by atoms with Crippen molar-refractivity contribution in [3.8, 4) is 12.3 Å². The van der Waals surface area contributed by atoms with E-state index in [0.717, 1.165) is 0 Å². The van der Waals surface area contributed by atoms with Crippen LogP contribution in [0.1, 0.15) is 27.2 Å². The molecule has 0 aromatic heterocycles. The predicted octanol–water partition coefficient (Wildman–Crippen LogP) is 0.381. The molecule has 0 aromatic carbocycles. The molecule has 2 unspecified atom stereocenters. The molecule has 1 N–H and O–H groups in total. The standard InChI is InChI=1S/C12H18N2O2/c1-5-7-14-10(8(3)4)11(15)13-9(6-2)12(14)16/h1,8-10H,6-7H2,2-4H3,(H,13,15). The highest BCUT2D eigenvalue weighted by Gasteiger charge is 2.40. The molecule has 4 heteroatoms. The lowest BCUT2D eigenvalue weighted by Gasteiger charge is -2.39. The summed E-state index contributed by atoms with van der Waals surface area (Å²) in [5, 5.41) is 2.74. The van der Waals surface area contributed by atoms with Crippen LogP contribution in [0, 0.1) is 18.3 Å². The Morgan fingerprint density at radius 2 is 2.12 bits per heavy atom. The van der Waals surface area contributed by atoms with E-state index >= 15 is 0 Å². The van der Waals surface area contributed by atoms with Crippen molar-refractivity contribution in [1.29, 1.82) is 0 Å². The molecule has 2 atom stereocenters. The molecule has 0 saturated carbocycles. The van der Waals surface area contributed by atoms with Crippen LogP contribution >= 0.6 is 0 Å². The Balaban J connectivity index is 2.97. The first kappa shape index (κ1) is 12.6. The fourth-order valence-electron chi connectivity index (χ4n) is 2.01. The summed E-state index contributed by atoms with van der Waals surface area (Å²) in [7, 11) is 0. The summed E-state index contributed by atoms with van der Waals surface area (Å²) in [6, 6.07) is -0.859. The van der Waals surface area contributed by atoms with Gasteiger partial charge in [0, 0.05) is 0 Å². The fraction of sp³-hybridized carbons (Fsp3) is 0.667. The van der Waals surface area contributed by atoms with E-state index in [1.165, 1.54) is 4.90 Å². The van der Waals surface area contributed by atoms with E-state index < -0.39 is 12.1 Å². The molecule has 1 aliphatic heterocycles. The fourth-order valence-corrected chi connectivity index (χ4v) is 2.01. The van der Waals surface area contributed by atoms with Crippen molar-refractivity contribution in [2.24, 2.45) is 5.92 Å². The second kappa shape index (κ2) is 5.02. The third-order valence-electron chi connectivity index (χ3n) is 2.80. The van der Waals surface area contributed by atoms with Gasteiger partial charge in [-0.05, 0) is 12.3 Å². The number of hydrogen-bond acceptors (Lipinski definition) is 2. The average molecular weight is 222 g/mol. The molecule has 1 saturated heterocycles. The van der Waals surface area contributed by atoms with Crippen LogP contribution in [-0.4, -0.2) is 35.3 Å². The monoisotopic (exact) mass is 222 g/mol. The van der Waals surface area contributed by atoms with Gasteiger partial charge in [0.15, 0.2) is 0 Å². The van der Waals surface area contributed by atoms with Crippen LogP contribution in [0.2, 0.25) is 0 Å². The van der Waals surface area contributed by atoms with Crippen LogP contribution in [0.15, 0.2) is 0 Å². The summed E-state index contributed by atoms with van der Waals surface area (Å²) in [5.41, 5.74) is 0. The lowest BCUT2D eigenvalue weighted by atomic mass is 9.96. The lowest BCUT2D eigenvalue weighted by molar-refractivity contribution is -0.150. The van der Waals surface area contributed by atoms with Crippen molar-refractivity contribution >= 4 is 11.8 Å². The van der Waals surface area contributed by atoms with Gasteiger partial charge < -0.3 is 10.2 Å². The topological polar surface area (TPSA) is 49.4 Å². The van der Waals surface area contributed by atoms with E-state index in [1.54, 1.807) is 0 Å². The number of carbonyl (C=O) groups is 2. The van der Waals surface area contributed by atoms with Crippen LogP contribution < -0.4 is 5.32 Å². The van der Waals surface area contributed by atoms with E-state index in [4.69, 9.17) is 6.42 Å². The number of nitrogens with one attached hydrogen (secondary N) is 1. The summed E-state index contributed by atoms with van der Waals surface area (Å²) < 4.78 is 0. The Kier molecular flexibility index (Phi) is 3.94. The SMILES string of the molecule is C#CCN1C(=O)C(CC)NC(=O)C1C(C)C. The Labute approximate surface area is 96.4 Å². The predicted molar refractivity (Wildman–Crippen MR) is 61.4 cm³/mol. The van der Waals surface area contributed by atoms with Crippen LogP contribution in [-0.2, 0) is 9.59 Å². The minimum atomic E-state index is -0.439. The Morgan fingerprint density at radius 3 is 2.56 bits per heavy atom. The molecule has 0 bridgehead atoms. The molecule has 0 spiro atoms. The number of piperazine rings is 1.